The summed E-state index contributed by atoms with van der Waals surface area (Å²) in [5.74, 6) is 0.0706. The lowest BCUT2D eigenvalue weighted by Crippen LogP contribution is -2.28. The lowest BCUT2D eigenvalue weighted by molar-refractivity contribution is -0.143. The SMILES string of the molecule is CC(C)CCNS(=O)(=O)c1cc(C(F)(F)F)ccc1C(F)(F)F. The number of sulfonamides is 1. The van der Waals surface area contributed by atoms with Crippen molar-refractivity contribution in [2.75, 3.05) is 6.54 Å². The molecular formula is C13H15F6NO2S. The monoisotopic (exact) mass is 363 g/mol. The zero-order valence-corrected chi connectivity index (χ0v) is 13.0. The van der Waals surface area contributed by atoms with Crippen LogP contribution in [-0.4, -0.2) is 15.0 Å². The zero-order valence-electron chi connectivity index (χ0n) is 12.2. The number of alkyl halides is 6. The molecule has 1 rings (SSSR count). The van der Waals surface area contributed by atoms with Gasteiger partial charge in [0.05, 0.1) is 16.0 Å². The van der Waals surface area contributed by atoms with Gasteiger partial charge in [0.2, 0.25) is 10.0 Å². The second-order valence-electron chi connectivity index (χ2n) is 5.29. The number of halogens is 6. The molecular weight excluding hydrogens is 348 g/mol. The van der Waals surface area contributed by atoms with Crippen molar-refractivity contribution in [1.29, 1.82) is 0 Å². The Kier molecular flexibility index (Phi) is 5.74. The lowest BCUT2D eigenvalue weighted by Gasteiger charge is -2.16. The molecule has 0 fully saturated rings. The smallest absolute Gasteiger partial charge is 0.211 e. The van der Waals surface area contributed by atoms with Crippen LogP contribution in [0, 0.1) is 5.92 Å². The molecule has 23 heavy (non-hydrogen) atoms. The average Bonchev–Trinajstić information content (AvgIpc) is 2.35. The Balaban J connectivity index is 3.34. The summed E-state index contributed by atoms with van der Waals surface area (Å²) < 4.78 is 102. The third-order valence-corrected chi connectivity index (χ3v) is 4.42. The van der Waals surface area contributed by atoms with Gasteiger partial charge >= 0.3 is 12.4 Å². The quantitative estimate of drug-likeness (QED) is 0.803. The summed E-state index contributed by atoms with van der Waals surface area (Å²) >= 11 is 0. The highest BCUT2D eigenvalue weighted by Gasteiger charge is 2.40. The molecule has 0 saturated heterocycles. The molecule has 0 unspecified atom stereocenters. The van der Waals surface area contributed by atoms with Crippen LogP contribution in [0.3, 0.4) is 0 Å². The summed E-state index contributed by atoms with van der Waals surface area (Å²) in [6.45, 7) is 3.35. The molecule has 0 saturated carbocycles. The standard InChI is InChI=1S/C13H15F6NO2S/c1-8(2)5-6-20-23(21,22)11-7-9(12(14,15)16)3-4-10(11)13(17,18)19/h3-4,7-8,20H,5-6H2,1-2H3. The Bertz CT molecular complexity index is 649. The summed E-state index contributed by atoms with van der Waals surface area (Å²) in [6, 6.07) is 0.330. The third-order valence-electron chi connectivity index (χ3n) is 2.92. The van der Waals surface area contributed by atoms with E-state index in [4.69, 9.17) is 0 Å². The van der Waals surface area contributed by atoms with Crippen LogP contribution >= 0.6 is 0 Å². The van der Waals surface area contributed by atoms with Crippen LogP contribution in [0.1, 0.15) is 31.4 Å². The van der Waals surface area contributed by atoms with Gasteiger partial charge in [-0.3, -0.25) is 0 Å². The molecule has 0 aliphatic heterocycles. The molecule has 0 spiro atoms. The van der Waals surface area contributed by atoms with Gasteiger partial charge in [0, 0.05) is 6.54 Å². The summed E-state index contributed by atoms with van der Waals surface area (Å²) in [5, 5.41) is 0. The molecule has 0 bridgehead atoms. The van der Waals surface area contributed by atoms with Crippen molar-refractivity contribution in [3.8, 4) is 0 Å². The minimum atomic E-state index is -5.09. The first-order valence-electron chi connectivity index (χ1n) is 6.53. The maximum absolute atomic E-state index is 12.9. The van der Waals surface area contributed by atoms with Gasteiger partial charge in [-0.2, -0.15) is 26.3 Å². The highest BCUT2D eigenvalue weighted by atomic mass is 32.2. The predicted octanol–water partition coefficient (Wildman–Crippen LogP) is 4.05. The minimum Gasteiger partial charge on any atom is -0.211 e. The first-order valence-corrected chi connectivity index (χ1v) is 8.01. The van der Waals surface area contributed by atoms with Crippen LogP contribution in [0.25, 0.3) is 0 Å². The van der Waals surface area contributed by atoms with Gasteiger partial charge in [0.15, 0.2) is 0 Å². The van der Waals surface area contributed by atoms with Crippen LogP contribution < -0.4 is 4.72 Å². The van der Waals surface area contributed by atoms with Crippen molar-refractivity contribution < 1.29 is 34.8 Å². The van der Waals surface area contributed by atoms with Gasteiger partial charge in [0.1, 0.15) is 0 Å². The number of nitrogens with one attached hydrogen (secondary N) is 1. The minimum absolute atomic E-state index is 0.000527. The van der Waals surface area contributed by atoms with Gasteiger partial charge in [-0.05, 0) is 30.5 Å². The average molecular weight is 363 g/mol. The van der Waals surface area contributed by atoms with E-state index in [1.54, 1.807) is 13.8 Å². The molecule has 0 aliphatic carbocycles. The molecule has 1 aromatic rings. The molecule has 1 N–H and O–H groups in total. The van der Waals surface area contributed by atoms with E-state index in [-0.39, 0.29) is 30.7 Å². The summed E-state index contributed by atoms with van der Waals surface area (Å²) in [7, 11) is -4.72. The molecule has 0 radical (unpaired) electrons. The summed E-state index contributed by atoms with van der Waals surface area (Å²) in [6.07, 6.45) is -9.71. The molecule has 3 nitrogen and oxygen atoms in total. The van der Waals surface area contributed by atoms with E-state index in [0.717, 1.165) is 0 Å². The molecule has 0 aliphatic rings. The summed E-state index contributed by atoms with van der Waals surface area (Å²) in [5.41, 5.74) is -3.10. The van der Waals surface area contributed by atoms with Crippen molar-refractivity contribution in [2.45, 2.75) is 37.5 Å². The van der Waals surface area contributed by atoms with Gasteiger partial charge in [-0.1, -0.05) is 13.8 Å². The molecule has 0 amide bonds. The van der Waals surface area contributed by atoms with Gasteiger partial charge in [-0.15, -0.1) is 0 Å². The van der Waals surface area contributed by atoms with Crippen molar-refractivity contribution >= 4 is 10.0 Å². The first kappa shape index (κ1) is 19.8. The molecule has 0 aromatic heterocycles. The van der Waals surface area contributed by atoms with E-state index in [0.29, 0.717) is 6.42 Å². The zero-order chi connectivity index (χ0) is 18.1. The van der Waals surface area contributed by atoms with Crippen LogP contribution in [0.15, 0.2) is 23.1 Å². The van der Waals surface area contributed by atoms with E-state index >= 15 is 0 Å². The van der Waals surface area contributed by atoms with E-state index in [2.05, 4.69) is 0 Å². The Labute approximate surface area is 129 Å². The molecule has 0 atom stereocenters. The van der Waals surface area contributed by atoms with Gasteiger partial charge in [0.25, 0.3) is 0 Å². The van der Waals surface area contributed by atoms with E-state index < -0.39 is 38.4 Å². The van der Waals surface area contributed by atoms with E-state index in [1.807, 2.05) is 4.72 Å². The van der Waals surface area contributed by atoms with Crippen LogP contribution in [-0.2, 0) is 22.4 Å². The van der Waals surface area contributed by atoms with Crippen LogP contribution in [0.5, 0.6) is 0 Å². The van der Waals surface area contributed by atoms with Crippen LogP contribution in [0.4, 0.5) is 26.3 Å². The Morgan fingerprint density at radius 3 is 2.04 bits per heavy atom. The molecule has 1 aromatic carbocycles. The third kappa shape index (κ3) is 5.38. The predicted molar refractivity (Wildman–Crippen MR) is 71.1 cm³/mol. The maximum atomic E-state index is 12.9. The second-order valence-corrected chi connectivity index (χ2v) is 7.02. The highest BCUT2D eigenvalue weighted by Crippen LogP contribution is 2.38. The normalized spacial score (nSPS) is 13.6. The number of hydrogen-bond donors (Lipinski definition) is 1. The van der Waals surface area contributed by atoms with Crippen LogP contribution in [0.2, 0.25) is 0 Å². The van der Waals surface area contributed by atoms with Gasteiger partial charge in [-0.25, -0.2) is 13.1 Å². The molecule has 10 heteroatoms. The Morgan fingerprint density at radius 1 is 1.04 bits per heavy atom. The van der Waals surface area contributed by atoms with Gasteiger partial charge < -0.3 is 0 Å². The summed E-state index contributed by atoms with van der Waals surface area (Å²) in [4.78, 5) is -1.43. The number of hydrogen-bond acceptors (Lipinski definition) is 2. The maximum Gasteiger partial charge on any atom is 0.417 e. The Hall–Kier alpha value is -1.29. The second kappa shape index (κ2) is 6.68. The lowest BCUT2D eigenvalue weighted by atomic mass is 10.1. The van der Waals surface area contributed by atoms with Crippen molar-refractivity contribution in [1.82, 2.24) is 4.72 Å². The molecule has 132 valence electrons. The van der Waals surface area contributed by atoms with Crippen molar-refractivity contribution in [3.63, 3.8) is 0 Å². The largest absolute Gasteiger partial charge is 0.417 e. The first-order chi connectivity index (χ1) is 10.2. The topological polar surface area (TPSA) is 46.2 Å². The molecule has 0 heterocycles. The fraction of sp³-hybridized carbons (Fsp3) is 0.538. The van der Waals surface area contributed by atoms with Crippen molar-refractivity contribution in [2.24, 2.45) is 5.92 Å². The Morgan fingerprint density at radius 2 is 1.61 bits per heavy atom. The van der Waals surface area contributed by atoms with E-state index in [1.165, 1.54) is 0 Å². The van der Waals surface area contributed by atoms with Crippen molar-refractivity contribution in [3.05, 3.63) is 29.3 Å². The van der Waals surface area contributed by atoms with E-state index in [9.17, 15) is 34.8 Å². The number of benzene rings is 1. The fourth-order valence-electron chi connectivity index (χ4n) is 1.71. The number of rotatable bonds is 5. The highest BCUT2D eigenvalue weighted by molar-refractivity contribution is 7.89. The fourth-order valence-corrected chi connectivity index (χ4v) is 3.01.